The Labute approximate surface area is 80.6 Å². The predicted octanol–water partition coefficient (Wildman–Crippen LogP) is 2.64. The van der Waals surface area contributed by atoms with Crippen LogP contribution in [-0.4, -0.2) is 19.8 Å². The molecule has 0 fully saturated rings. The Hall–Kier alpha value is 1.40. The first-order chi connectivity index (χ1) is 3.98. The third kappa shape index (κ3) is 4.76. The maximum absolute atomic E-state index is 9.26. The van der Waals surface area contributed by atoms with Crippen LogP contribution in [0.1, 0.15) is 13.3 Å². The Morgan fingerprint density at radius 1 is 1.56 bits per heavy atom. The van der Waals surface area contributed by atoms with E-state index in [4.69, 9.17) is 0 Å². The van der Waals surface area contributed by atoms with Gasteiger partial charge in [-0.25, -0.2) is 0 Å². The average molecular weight is 325 g/mol. The molecule has 0 aromatic carbocycles. The van der Waals surface area contributed by atoms with E-state index in [1.165, 1.54) is 0 Å². The number of alkyl halides is 3. The standard InChI is InChI=1S/C5H9Br3O/c1-5(7,8)4(9)2-3-6/h4,9H,2-3H2,1H3. The highest BCUT2D eigenvalue weighted by Gasteiger charge is 2.25. The van der Waals surface area contributed by atoms with Crippen LogP contribution in [-0.2, 0) is 0 Å². The van der Waals surface area contributed by atoms with Crippen LogP contribution >= 0.6 is 47.8 Å². The molecule has 0 aromatic heterocycles. The first kappa shape index (κ1) is 10.4. The second kappa shape index (κ2) is 4.31. The van der Waals surface area contributed by atoms with E-state index < -0.39 is 0 Å². The van der Waals surface area contributed by atoms with Crippen molar-refractivity contribution in [1.29, 1.82) is 0 Å². The molecule has 0 aromatic rings. The summed E-state index contributed by atoms with van der Waals surface area (Å²) in [6.07, 6.45) is 0.393. The van der Waals surface area contributed by atoms with Gasteiger partial charge < -0.3 is 5.11 Å². The van der Waals surface area contributed by atoms with E-state index in [1.54, 1.807) is 0 Å². The molecule has 1 N–H and O–H groups in total. The van der Waals surface area contributed by atoms with Crippen LogP contribution in [0.3, 0.4) is 0 Å². The van der Waals surface area contributed by atoms with Crippen molar-refractivity contribution in [2.24, 2.45) is 0 Å². The molecule has 0 bridgehead atoms. The molecule has 0 aliphatic heterocycles. The highest BCUT2D eigenvalue weighted by atomic mass is 79.9. The maximum atomic E-state index is 9.26. The maximum Gasteiger partial charge on any atom is 0.103 e. The van der Waals surface area contributed by atoms with E-state index in [1.807, 2.05) is 6.92 Å². The summed E-state index contributed by atoms with van der Waals surface area (Å²) in [5.74, 6) is 0. The van der Waals surface area contributed by atoms with Gasteiger partial charge in [-0.15, -0.1) is 0 Å². The fourth-order valence-corrected chi connectivity index (χ4v) is 1.25. The molecule has 9 heavy (non-hydrogen) atoms. The molecule has 0 rings (SSSR count). The lowest BCUT2D eigenvalue weighted by atomic mass is 10.2. The summed E-state index contributed by atoms with van der Waals surface area (Å²) in [6.45, 7) is 1.88. The van der Waals surface area contributed by atoms with Crippen molar-refractivity contribution in [3.05, 3.63) is 0 Å². The van der Waals surface area contributed by atoms with E-state index in [0.717, 1.165) is 11.8 Å². The van der Waals surface area contributed by atoms with Gasteiger partial charge in [0, 0.05) is 5.33 Å². The molecule has 0 saturated carbocycles. The molecule has 1 unspecified atom stereocenters. The topological polar surface area (TPSA) is 20.2 Å². The smallest absolute Gasteiger partial charge is 0.103 e. The number of hydrogen-bond acceptors (Lipinski definition) is 1. The van der Waals surface area contributed by atoms with Gasteiger partial charge in [-0.2, -0.15) is 0 Å². The van der Waals surface area contributed by atoms with E-state index in [-0.39, 0.29) is 9.34 Å². The van der Waals surface area contributed by atoms with E-state index >= 15 is 0 Å². The third-order valence-corrected chi connectivity index (χ3v) is 2.48. The van der Waals surface area contributed by atoms with Crippen LogP contribution in [0.2, 0.25) is 0 Å². The average Bonchev–Trinajstić information content (AvgIpc) is 1.64. The van der Waals surface area contributed by atoms with E-state index in [9.17, 15) is 5.11 Å². The molecule has 1 atom stereocenters. The van der Waals surface area contributed by atoms with E-state index in [2.05, 4.69) is 47.8 Å². The zero-order valence-electron chi connectivity index (χ0n) is 5.07. The fourth-order valence-electron chi connectivity index (χ4n) is 0.357. The molecule has 0 aliphatic carbocycles. The van der Waals surface area contributed by atoms with Crippen LogP contribution in [0.4, 0.5) is 0 Å². The molecule has 0 spiro atoms. The number of rotatable bonds is 3. The van der Waals surface area contributed by atoms with Crippen LogP contribution in [0, 0.1) is 0 Å². The van der Waals surface area contributed by atoms with Crippen LogP contribution in [0.15, 0.2) is 0 Å². The summed E-state index contributed by atoms with van der Waals surface area (Å²) >= 11 is 9.82. The molecular weight excluding hydrogens is 316 g/mol. The minimum absolute atomic E-state index is 0.340. The van der Waals surface area contributed by atoms with Gasteiger partial charge in [-0.3, -0.25) is 0 Å². The van der Waals surface area contributed by atoms with Gasteiger partial charge >= 0.3 is 0 Å². The molecule has 0 heterocycles. The van der Waals surface area contributed by atoms with Crippen molar-refractivity contribution < 1.29 is 5.11 Å². The molecule has 0 amide bonds. The molecule has 0 aliphatic rings. The lowest BCUT2D eigenvalue weighted by molar-refractivity contribution is 0.168. The normalized spacial score (nSPS) is 15.7. The quantitative estimate of drug-likeness (QED) is 0.791. The summed E-state index contributed by atoms with van der Waals surface area (Å²) in [5, 5.41) is 10.1. The molecule has 1 nitrogen and oxygen atoms in total. The summed E-state index contributed by atoms with van der Waals surface area (Å²) in [7, 11) is 0. The summed E-state index contributed by atoms with van der Waals surface area (Å²) in [6, 6.07) is 0. The van der Waals surface area contributed by atoms with Gasteiger partial charge in [-0.1, -0.05) is 47.8 Å². The molecule has 0 radical (unpaired) electrons. The minimum Gasteiger partial charge on any atom is -0.391 e. The number of hydrogen-bond donors (Lipinski definition) is 1. The zero-order chi connectivity index (χ0) is 7.49. The summed E-state index contributed by atoms with van der Waals surface area (Å²) in [5.41, 5.74) is 0. The SMILES string of the molecule is CC(Br)(Br)C(O)CCBr. The molecule has 56 valence electrons. The monoisotopic (exact) mass is 322 g/mol. The van der Waals surface area contributed by atoms with Crippen molar-refractivity contribution in [2.75, 3.05) is 5.33 Å². The van der Waals surface area contributed by atoms with Crippen molar-refractivity contribution >= 4 is 47.8 Å². The van der Waals surface area contributed by atoms with Gasteiger partial charge in [0.25, 0.3) is 0 Å². The predicted molar refractivity (Wildman–Crippen MR) is 50.7 cm³/mol. The van der Waals surface area contributed by atoms with Gasteiger partial charge in [0.15, 0.2) is 0 Å². The van der Waals surface area contributed by atoms with Crippen molar-refractivity contribution in [2.45, 2.75) is 22.7 Å². The Balaban J connectivity index is 3.59. The van der Waals surface area contributed by atoms with Gasteiger partial charge in [0.05, 0.1) is 6.10 Å². The van der Waals surface area contributed by atoms with Crippen molar-refractivity contribution in [3.63, 3.8) is 0 Å². The largest absolute Gasteiger partial charge is 0.391 e. The van der Waals surface area contributed by atoms with Gasteiger partial charge in [0.1, 0.15) is 3.23 Å². The highest BCUT2D eigenvalue weighted by Crippen LogP contribution is 2.30. The second-order valence-corrected chi connectivity index (χ2v) is 7.10. The summed E-state index contributed by atoms with van der Waals surface area (Å²) in [4.78, 5) is 0. The highest BCUT2D eigenvalue weighted by molar-refractivity contribution is 9.25. The third-order valence-electron chi connectivity index (χ3n) is 0.968. The molecule has 4 heteroatoms. The van der Waals surface area contributed by atoms with Gasteiger partial charge in [-0.05, 0) is 13.3 Å². The fraction of sp³-hybridized carbons (Fsp3) is 1.00. The number of aliphatic hydroxyl groups is 1. The van der Waals surface area contributed by atoms with Crippen LogP contribution < -0.4 is 0 Å². The second-order valence-electron chi connectivity index (χ2n) is 1.95. The Kier molecular flexibility index (Phi) is 4.98. The van der Waals surface area contributed by atoms with Gasteiger partial charge in [0.2, 0.25) is 0 Å². The first-order valence-electron chi connectivity index (χ1n) is 2.60. The number of halogens is 3. The van der Waals surface area contributed by atoms with Crippen LogP contribution in [0.25, 0.3) is 0 Å². The van der Waals surface area contributed by atoms with Crippen molar-refractivity contribution in [1.82, 2.24) is 0 Å². The van der Waals surface area contributed by atoms with E-state index in [0.29, 0.717) is 0 Å². The zero-order valence-corrected chi connectivity index (χ0v) is 9.83. The first-order valence-corrected chi connectivity index (χ1v) is 5.31. The Morgan fingerprint density at radius 2 is 2.00 bits per heavy atom. The Morgan fingerprint density at radius 3 is 2.11 bits per heavy atom. The van der Waals surface area contributed by atoms with Crippen molar-refractivity contribution in [3.8, 4) is 0 Å². The van der Waals surface area contributed by atoms with Crippen LogP contribution in [0.5, 0.6) is 0 Å². The summed E-state index contributed by atoms with van der Waals surface area (Å²) < 4.78 is -0.340. The minimum atomic E-state index is -0.350. The lowest BCUT2D eigenvalue weighted by Crippen LogP contribution is -2.26. The molecule has 0 saturated heterocycles. The lowest BCUT2D eigenvalue weighted by Gasteiger charge is -2.20. The number of aliphatic hydroxyl groups excluding tert-OH is 1. The molecular formula is C5H9Br3O. The Bertz CT molecular complexity index is 78.8.